The summed E-state index contributed by atoms with van der Waals surface area (Å²) in [5.41, 5.74) is -1.71. The molecule has 25 heavy (non-hydrogen) atoms. The highest BCUT2D eigenvalue weighted by Crippen LogP contribution is 2.35. The van der Waals surface area contributed by atoms with E-state index in [1.807, 2.05) is 0 Å². The molecule has 2 N–H and O–H groups in total. The average Bonchev–Trinajstić information content (AvgIpc) is 3.36. The Bertz CT molecular complexity index is 790. The third-order valence-electron chi connectivity index (χ3n) is 3.66. The van der Waals surface area contributed by atoms with Gasteiger partial charge in [0.15, 0.2) is 5.69 Å². The van der Waals surface area contributed by atoms with Gasteiger partial charge in [-0.05, 0) is 37.0 Å². The fourth-order valence-corrected chi connectivity index (χ4v) is 2.21. The number of urea groups is 1. The second kappa shape index (κ2) is 6.66. The van der Waals surface area contributed by atoms with E-state index < -0.39 is 29.4 Å². The molecule has 0 saturated heterocycles. The first-order chi connectivity index (χ1) is 11.8. The molecule has 1 fully saturated rings. The number of aromatic nitrogens is 2. The maximum Gasteiger partial charge on any atom is 0.435 e. The molecule has 0 spiro atoms. The number of amides is 2. The number of rotatable bonds is 4. The van der Waals surface area contributed by atoms with Crippen LogP contribution >= 0.6 is 0 Å². The van der Waals surface area contributed by atoms with E-state index in [4.69, 9.17) is 0 Å². The SMILES string of the molecule is O=C(NCC1CC1)Nc1ccc(-c2cncc(F)c2)nc1C(F)(F)F. The van der Waals surface area contributed by atoms with Crippen molar-refractivity contribution < 1.29 is 22.4 Å². The van der Waals surface area contributed by atoms with Crippen LogP contribution in [-0.2, 0) is 6.18 Å². The van der Waals surface area contributed by atoms with Gasteiger partial charge in [-0.25, -0.2) is 14.2 Å². The quantitative estimate of drug-likeness (QED) is 0.820. The van der Waals surface area contributed by atoms with Crippen LogP contribution in [0.2, 0.25) is 0 Å². The van der Waals surface area contributed by atoms with E-state index in [-0.39, 0.29) is 11.3 Å². The standard InChI is InChI=1S/C16H14F4N4O/c17-11-5-10(7-21-8-11)12-3-4-13(14(23-12)16(18,19)20)24-15(25)22-6-9-1-2-9/h3-5,7-9H,1-2,6H2,(H2,22,24,25). The number of halogens is 4. The summed E-state index contributed by atoms with van der Waals surface area (Å²) in [5.74, 6) is -0.289. The lowest BCUT2D eigenvalue weighted by molar-refractivity contribution is -0.140. The Balaban J connectivity index is 1.86. The molecule has 0 aliphatic heterocycles. The summed E-state index contributed by atoms with van der Waals surface area (Å²) < 4.78 is 53.0. The Morgan fingerprint density at radius 1 is 1.24 bits per heavy atom. The van der Waals surface area contributed by atoms with Gasteiger partial charge in [-0.2, -0.15) is 13.2 Å². The largest absolute Gasteiger partial charge is 0.435 e. The minimum atomic E-state index is -4.78. The summed E-state index contributed by atoms with van der Waals surface area (Å²) in [6.07, 6.45) is -0.622. The van der Waals surface area contributed by atoms with Crippen molar-refractivity contribution >= 4 is 11.7 Å². The Hall–Kier alpha value is -2.71. The number of pyridine rings is 2. The Kier molecular flexibility index (Phi) is 4.56. The van der Waals surface area contributed by atoms with Crippen molar-refractivity contribution in [3.8, 4) is 11.3 Å². The van der Waals surface area contributed by atoms with Crippen molar-refractivity contribution in [2.75, 3.05) is 11.9 Å². The summed E-state index contributed by atoms with van der Waals surface area (Å²) >= 11 is 0. The smallest absolute Gasteiger partial charge is 0.338 e. The van der Waals surface area contributed by atoms with Gasteiger partial charge in [0.1, 0.15) is 5.82 Å². The molecule has 1 saturated carbocycles. The molecule has 9 heteroatoms. The Morgan fingerprint density at radius 3 is 2.64 bits per heavy atom. The lowest BCUT2D eigenvalue weighted by Crippen LogP contribution is -2.31. The highest BCUT2D eigenvalue weighted by molar-refractivity contribution is 5.90. The molecule has 2 aromatic heterocycles. The lowest BCUT2D eigenvalue weighted by Gasteiger charge is -2.15. The maximum atomic E-state index is 13.3. The van der Waals surface area contributed by atoms with Crippen LogP contribution in [-0.4, -0.2) is 22.5 Å². The molecule has 5 nitrogen and oxygen atoms in total. The second-order valence-electron chi connectivity index (χ2n) is 5.76. The van der Waals surface area contributed by atoms with Crippen LogP contribution in [0.25, 0.3) is 11.3 Å². The highest BCUT2D eigenvalue weighted by atomic mass is 19.4. The summed E-state index contributed by atoms with van der Waals surface area (Å²) in [5, 5.41) is 4.69. The average molecular weight is 354 g/mol. The lowest BCUT2D eigenvalue weighted by atomic mass is 10.1. The molecule has 1 aliphatic carbocycles. The van der Waals surface area contributed by atoms with Crippen LogP contribution in [0.5, 0.6) is 0 Å². The van der Waals surface area contributed by atoms with E-state index in [2.05, 4.69) is 20.6 Å². The van der Waals surface area contributed by atoms with Crippen molar-refractivity contribution in [2.24, 2.45) is 5.92 Å². The van der Waals surface area contributed by atoms with Gasteiger partial charge in [0, 0.05) is 18.3 Å². The second-order valence-corrected chi connectivity index (χ2v) is 5.76. The van der Waals surface area contributed by atoms with Crippen LogP contribution in [0.15, 0.2) is 30.6 Å². The van der Waals surface area contributed by atoms with Gasteiger partial charge in [-0.1, -0.05) is 0 Å². The fourth-order valence-electron chi connectivity index (χ4n) is 2.21. The predicted molar refractivity (Wildman–Crippen MR) is 82.2 cm³/mol. The normalized spacial score (nSPS) is 14.2. The monoisotopic (exact) mass is 354 g/mol. The van der Waals surface area contributed by atoms with Crippen molar-refractivity contribution in [2.45, 2.75) is 19.0 Å². The zero-order valence-electron chi connectivity index (χ0n) is 12.9. The number of anilines is 1. The topological polar surface area (TPSA) is 66.9 Å². The van der Waals surface area contributed by atoms with Crippen molar-refractivity contribution in [1.82, 2.24) is 15.3 Å². The molecule has 0 aromatic carbocycles. The van der Waals surface area contributed by atoms with Crippen molar-refractivity contribution in [3.05, 3.63) is 42.1 Å². The third-order valence-corrected chi connectivity index (χ3v) is 3.66. The maximum absolute atomic E-state index is 13.3. The molecular formula is C16H14F4N4O. The van der Waals surface area contributed by atoms with Gasteiger partial charge in [0.25, 0.3) is 0 Å². The predicted octanol–water partition coefficient (Wildman–Crippen LogP) is 3.83. The first kappa shape index (κ1) is 17.1. The molecule has 0 atom stereocenters. The van der Waals surface area contributed by atoms with Gasteiger partial charge in [0.05, 0.1) is 17.6 Å². The van der Waals surface area contributed by atoms with Gasteiger partial charge in [-0.15, -0.1) is 0 Å². The van der Waals surface area contributed by atoms with E-state index in [0.29, 0.717) is 12.5 Å². The van der Waals surface area contributed by atoms with Crippen LogP contribution < -0.4 is 10.6 Å². The number of carbonyl (C=O) groups is 1. The molecule has 2 aromatic rings. The number of nitrogens with one attached hydrogen (secondary N) is 2. The molecule has 2 amide bonds. The number of hydrogen-bond acceptors (Lipinski definition) is 3. The minimum Gasteiger partial charge on any atom is -0.338 e. The minimum absolute atomic E-state index is 0.0942. The summed E-state index contributed by atoms with van der Waals surface area (Å²) in [4.78, 5) is 18.9. The number of nitrogens with zero attached hydrogens (tertiary/aromatic N) is 2. The molecule has 0 radical (unpaired) electrons. The number of carbonyl (C=O) groups excluding carboxylic acids is 1. The van der Waals surface area contributed by atoms with E-state index in [1.165, 1.54) is 12.3 Å². The zero-order chi connectivity index (χ0) is 18.0. The summed E-state index contributed by atoms with van der Waals surface area (Å²) in [6, 6.07) is 2.67. The van der Waals surface area contributed by atoms with Gasteiger partial charge < -0.3 is 10.6 Å². The molecule has 0 bridgehead atoms. The van der Waals surface area contributed by atoms with E-state index in [1.54, 1.807) is 0 Å². The van der Waals surface area contributed by atoms with Crippen LogP contribution in [0.4, 0.5) is 28.0 Å². The molecule has 132 valence electrons. The van der Waals surface area contributed by atoms with E-state index in [9.17, 15) is 22.4 Å². The third kappa shape index (κ3) is 4.43. The number of alkyl halides is 3. The Labute approximate surface area is 140 Å². The van der Waals surface area contributed by atoms with Crippen LogP contribution in [0.3, 0.4) is 0 Å². The molecule has 1 aliphatic rings. The van der Waals surface area contributed by atoms with E-state index >= 15 is 0 Å². The fraction of sp³-hybridized carbons (Fsp3) is 0.312. The zero-order valence-corrected chi connectivity index (χ0v) is 12.9. The van der Waals surface area contributed by atoms with Gasteiger partial charge in [0.2, 0.25) is 0 Å². The summed E-state index contributed by atoms with van der Waals surface area (Å²) in [7, 11) is 0. The van der Waals surface area contributed by atoms with E-state index in [0.717, 1.165) is 31.2 Å². The molecule has 0 unspecified atom stereocenters. The number of hydrogen-bond donors (Lipinski definition) is 2. The van der Waals surface area contributed by atoms with Crippen LogP contribution in [0, 0.1) is 11.7 Å². The molecule has 3 rings (SSSR count). The molecular weight excluding hydrogens is 340 g/mol. The molecule has 2 heterocycles. The summed E-state index contributed by atoms with van der Waals surface area (Å²) in [6.45, 7) is 0.424. The Morgan fingerprint density at radius 2 is 2.00 bits per heavy atom. The van der Waals surface area contributed by atoms with Crippen molar-refractivity contribution in [3.63, 3.8) is 0 Å². The van der Waals surface area contributed by atoms with Gasteiger partial charge in [-0.3, -0.25) is 4.98 Å². The highest BCUT2D eigenvalue weighted by Gasteiger charge is 2.36. The van der Waals surface area contributed by atoms with Gasteiger partial charge >= 0.3 is 12.2 Å². The van der Waals surface area contributed by atoms with Crippen molar-refractivity contribution in [1.29, 1.82) is 0 Å². The first-order valence-corrected chi connectivity index (χ1v) is 7.57. The van der Waals surface area contributed by atoms with Crippen LogP contribution in [0.1, 0.15) is 18.5 Å². The first-order valence-electron chi connectivity index (χ1n) is 7.57.